The average Bonchev–Trinajstić information content (AvgIpc) is 2.51. The van der Waals surface area contributed by atoms with Crippen LogP contribution in [0.25, 0.3) is 0 Å². The summed E-state index contributed by atoms with van der Waals surface area (Å²) in [7, 11) is 1.59. The number of ether oxygens (including phenoxy) is 2. The summed E-state index contributed by atoms with van der Waals surface area (Å²) in [5.41, 5.74) is -0.676. The molecule has 0 N–H and O–H groups in total. The molecule has 1 atom stereocenters. The third kappa shape index (κ3) is 2.09. The molecule has 0 aliphatic carbocycles. The molecule has 1 aliphatic heterocycles. The predicted octanol–water partition coefficient (Wildman–Crippen LogP) is 0.737. The molecule has 0 aromatic rings. The molecule has 0 amide bonds. The zero-order chi connectivity index (χ0) is 8.86. The highest BCUT2D eigenvalue weighted by Crippen LogP contribution is 2.18. The van der Waals surface area contributed by atoms with Crippen LogP contribution in [-0.2, 0) is 9.47 Å². The lowest BCUT2D eigenvalue weighted by molar-refractivity contribution is 0.0499. The summed E-state index contributed by atoms with van der Waals surface area (Å²) in [4.78, 5) is 3.96. The first kappa shape index (κ1) is 9.28. The van der Waals surface area contributed by atoms with Gasteiger partial charge < -0.3 is 9.47 Å². The first-order valence-corrected chi connectivity index (χ1v) is 3.78. The summed E-state index contributed by atoms with van der Waals surface area (Å²) in [6, 6.07) is 0. The van der Waals surface area contributed by atoms with Gasteiger partial charge in [0, 0.05) is 13.7 Å². The minimum atomic E-state index is -0.676. The fraction of sp³-hybridized carbons (Fsp3) is 0.857. The van der Waals surface area contributed by atoms with Crippen molar-refractivity contribution in [2.75, 3.05) is 26.9 Å². The number of azo groups is 1. The first-order valence-electron chi connectivity index (χ1n) is 3.78. The van der Waals surface area contributed by atoms with E-state index in [9.17, 15) is 0 Å². The van der Waals surface area contributed by atoms with Crippen molar-refractivity contribution >= 4 is 6.34 Å². The predicted molar refractivity (Wildman–Crippen MR) is 43.4 cm³/mol. The maximum absolute atomic E-state index is 5.21. The second kappa shape index (κ2) is 4.27. The van der Waals surface area contributed by atoms with Crippen molar-refractivity contribution in [2.45, 2.75) is 12.6 Å². The minimum absolute atomic E-state index is 0.378. The normalized spacial score (nSPS) is 26.8. The van der Waals surface area contributed by atoms with Gasteiger partial charge in [0.25, 0.3) is 0 Å². The summed E-state index contributed by atoms with van der Waals surface area (Å²) < 4.78 is 10.2. The van der Waals surface area contributed by atoms with E-state index >= 15 is 0 Å². The Balaban J connectivity index is 2.48. The van der Waals surface area contributed by atoms with Gasteiger partial charge in [-0.3, -0.25) is 0 Å². The third-order valence-corrected chi connectivity index (χ3v) is 1.45. The lowest BCUT2D eigenvalue weighted by atomic mass is 10.2. The zero-order valence-corrected chi connectivity index (χ0v) is 7.28. The number of hydrogen-bond donors (Lipinski definition) is 0. The Morgan fingerprint density at radius 2 is 2.25 bits per heavy atom. The minimum Gasteiger partial charge on any atom is -0.380 e. The van der Waals surface area contributed by atoms with E-state index in [0.29, 0.717) is 19.8 Å². The van der Waals surface area contributed by atoms with Crippen LogP contribution in [-0.4, -0.2) is 38.9 Å². The van der Waals surface area contributed by atoms with Crippen LogP contribution in [0.4, 0.5) is 0 Å². The van der Waals surface area contributed by atoms with Crippen LogP contribution in [0.3, 0.4) is 0 Å². The van der Waals surface area contributed by atoms with Crippen LogP contribution < -0.4 is 0 Å². The van der Waals surface area contributed by atoms with Gasteiger partial charge in [-0.25, -0.2) is 4.99 Å². The van der Waals surface area contributed by atoms with Crippen molar-refractivity contribution in [3.63, 3.8) is 0 Å². The Bertz CT molecular complexity index is 179. The van der Waals surface area contributed by atoms with E-state index in [4.69, 9.17) is 9.47 Å². The molecule has 67 valence electrons. The summed E-state index contributed by atoms with van der Waals surface area (Å²) >= 11 is 0. The Labute approximate surface area is 71.5 Å². The van der Waals surface area contributed by atoms with E-state index in [-0.39, 0.29) is 0 Å². The van der Waals surface area contributed by atoms with E-state index in [2.05, 4.69) is 21.6 Å². The van der Waals surface area contributed by atoms with Crippen molar-refractivity contribution in [1.29, 1.82) is 0 Å². The molecule has 0 bridgehead atoms. The fourth-order valence-electron chi connectivity index (χ4n) is 0.914. The van der Waals surface area contributed by atoms with Crippen molar-refractivity contribution < 1.29 is 9.47 Å². The molecule has 0 aromatic heterocycles. The Hall–Kier alpha value is -0.810. The van der Waals surface area contributed by atoms with E-state index < -0.39 is 5.66 Å². The molecular weight excluding hydrogens is 158 g/mol. The highest BCUT2D eigenvalue weighted by molar-refractivity contribution is 5.57. The zero-order valence-electron chi connectivity index (χ0n) is 7.28. The molecule has 5 nitrogen and oxygen atoms in total. The van der Waals surface area contributed by atoms with Crippen LogP contribution in [0, 0.1) is 0 Å². The van der Waals surface area contributed by atoms with E-state index in [1.807, 2.05) is 6.92 Å². The smallest absolute Gasteiger partial charge is 0.219 e. The second-order valence-corrected chi connectivity index (χ2v) is 2.46. The largest absolute Gasteiger partial charge is 0.380 e. The molecule has 1 aliphatic rings. The molecule has 1 heterocycles. The summed E-state index contributed by atoms with van der Waals surface area (Å²) in [6.45, 7) is 3.33. The van der Waals surface area contributed by atoms with E-state index in [0.717, 1.165) is 0 Å². The van der Waals surface area contributed by atoms with Crippen LogP contribution >= 0.6 is 0 Å². The first-order chi connectivity index (χ1) is 5.83. The maximum atomic E-state index is 5.21. The van der Waals surface area contributed by atoms with Gasteiger partial charge in [-0.1, -0.05) is 0 Å². The number of rotatable bonds is 5. The van der Waals surface area contributed by atoms with Crippen LogP contribution in [0.5, 0.6) is 0 Å². The molecule has 0 aromatic carbocycles. The fourth-order valence-corrected chi connectivity index (χ4v) is 0.914. The van der Waals surface area contributed by atoms with Gasteiger partial charge in [-0.2, -0.15) is 5.11 Å². The molecule has 1 radical (unpaired) electrons. The van der Waals surface area contributed by atoms with Crippen molar-refractivity contribution in [1.82, 2.24) is 0 Å². The third-order valence-electron chi connectivity index (χ3n) is 1.45. The molecule has 1 unspecified atom stereocenters. The van der Waals surface area contributed by atoms with Gasteiger partial charge in [0.1, 0.15) is 0 Å². The summed E-state index contributed by atoms with van der Waals surface area (Å²) in [6.07, 6.45) is 2.43. The van der Waals surface area contributed by atoms with Crippen LogP contribution in [0.15, 0.2) is 15.2 Å². The Morgan fingerprint density at radius 3 is 2.75 bits per heavy atom. The monoisotopic (exact) mass is 170 g/mol. The van der Waals surface area contributed by atoms with Gasteiger partial charge in [0.15, 0.2) is 0 Å². The molecule has 0 spiro atoms. The van der Waals surface area contributed by atoms with E-state index in [1.165, 1.54) is 0 Å². The van der Waals surface area contributed by atoms with Gasteiger partial charge in [0.2, 0.25) is 12.0 Å². The highest BCUT2D eigenvalue weighted by atomic mass is 16.5. The Morgan fingerprint density at radius 1 is 1.42 bits per heavy atom. The lowest BCUT2D eigenvalue weighted by Gasteiger charge is -2.19. The molecular formula is C7H12N3O2. The molecule has 0 fully saturated rings. The molecule has 12 heavy (non-hydrogen) atoms. The quantitative estimate of drug-likeness (QED) is 0.611. The number of nitrogens with zero attached hydrogens (tertiary/aromatic N) is 3. The van der Waals surface area contributed by atoms with Gasteiger partial charge >= 0.3 is 0 Å². The molecule has 0 saturated heterocycles. The van der Waals surface area contributed by atoms with Gasteiger partial charge in [0.05, 0.1) is 13.2 Å². The van der Waals surface area contributed by atoms with Gasteiger partial charge in [-0.15, -0.1) is 5.11 Å². The SMILES string of the molecule is CCOCC1(COC)N=[C]N=N1. The van der Waals surface area contributed by atoms with Crippen LogP contribution in [0.2, 0.25) is 0 Å². The Kier molecular flexibility index (Phi) is 3.31. The average molecular weight is 170 g/mol. The number of methoxy groups -OCH3 is 1. The van der Waals surface area contributed by atoms with Crippen molar-refractivity contribution in [3.05, 3.63) is 0 Å². The number of hydrogen-bond acceptors (Lipinski definition) is 5. The lowest BCUT2D eigenvalue weighted by Crippen LogP contribution is -2.33. The highest BCUT2D eigenvalue weighted by Gasteiger charge is 2.31. The molecule has 1 rings (SSSR count). The maximum Gasteiger partial charge on any atom is 0.219 e. The molecule has 5 heteroatoms. The van der Waals surface area contributed by atoms with Crippen molar-refractivity contribution in [2.24, 2.45) is 15.2 Å². The van der Waals surface area contributed by atoms with Gasteiger partial charge in [-0.05, 0) is 6.92 Å². The summed E-state index contributed by atoms with van der Waals surface area (Å²) in [5.74, 6) is 0. The molecule has 0 saturated carbocycles. The topological polar surface area (TPSA) is 55.5 Å². The number of aliphatic imine (C=N–C) groups is 1. The second-order valence-electron chi connectivity index (χ2n) is 2.46. The van der Waals surface area contributed by atoms with Crippen molar-refractivity contribution in [3.8, 4) is 0 Å². The standard InChI is InChI=1S/C7H12N3O2/c1-3-12-5-7(4-11-2)8-6-9-10-7/h3-5H2,1-2H3. The van der Waals surface area contributed by atoms with E-state index in [1.54, 1.807) is 7.11 Å². The van der Waals surface area contributed by atoms with Crippen LogP contribution in [0.1, 0.15) is 6.92 Å². The summed E-state index contributed by atoms with van der Waals surface area (Å²) in [5, 5.41) is 7.45.